The van der Waals surface area contributed by atoms with Crippen molar-refractivity contribution in [3.63, 3.8) is 0 Å². The molecule has 1 unspecified atom stereocenters. The number of H-pyrrole nitrogens is 1. The third-order valence-corrected chi connectivity index (χ3v) is 1.88. The largest absolute Gasteiger partial charge is 0.337 e. The van der Waals surface area contributed by atoms with Crippen molar-refractivity contribution in [1.29, 1.82) is 0 Å². The summed E-state index contributed by atoms with van der Waals surface area (Å²) in [6, 6.07) is -0.650. The lowest BCUT2D eigenvalue weighted by atomic mass is 10.2. The van der Waals surface area contributed by atoms with Crippen LogP contribution in [0.2, 0.25) is 0 Å². The molecule has 15 heavy (non-hydrogen) atoms. The van der Waals surface area contributed by atoms with Crippen molar-refractivity contribution in [1.82, 2.24) is 20.1 Å². The smallest absolute Gasteiger partial charge is 0.240 e. The number of aromatic nitrogens is 3. The second kappa shape index (κ2) is 5.12. The van der Waals surface area contributed by atoms with Crippen molar-refractivity contribution in [3.05, 3.63) is 12.2 Å². The summed E-state index contributed by atoms with van der Waals surface area (Å²) in [5.74, 6) is 2.76. The summed E-state index contributed by atoms with van der Waals surface area (Å²) in [6.45, 7) is 0.344. The molecule has 1 atom stereocenters. The fraction of sp³-hybridized carbons (Fsp3) is 0.444. The Balaban J connectivity index is 2.50. The Morgan fingerprint density at radius 1 is 1.87 bits per heavy atom. The van der Waals surface area contributed by atoms with Gasteiger partial charge < -0.3 is 10.6 Å². The number of carbonyl (C=O) groups excluding carboxylic acids is 1. The van der Waals surface area contributed by atoms with Gasteiger partial charge in [0, 0.05) is 13.5 Å². The second-order valence-corrected chi connectivity index (χ2v) is 3.14. The zero-order valence-corrected chi connectivity index (χ0v) is 8.47. The molecule has 1 aromatic rings. The van der Waals surface area contributed by atoms with Gasteiger partial charge in [-0.05, 0) is 0 Å². The summed E-state index contributed by atoms with van der Waals surface area (Å²) in [4.78, 5) is 17.0. The third kappa shape index (κ3) is 3.07. The van der Waals surface area contributed by atoms with E-state index < -0.39 is 6.04 Å². The van der Waals surface area contributed by atoms with Crippen LogP contribution in [-0.4, -0.2) is 39.1 Å². The maximum absolute atomic E-state index is 11.6. The van der Waals surface area contributed by atoms with Crippen LogP contribution in [0.5, 0.6) is 0 Å². The van der Waals surface area contributed by atoms with Gasteiger partial charge in [0.2, 0.25) is 5.91 Å². The van der Waals surface area contributed by atoms with Gasteiger partial charge in [0.15, 0.2) is 0 Å². The van der Waals surface area contributed by atoms with Gasteiger partial charge >= 0.3 is 0 Å². The van der Waals surface area contributed by atoms with Crippen LogP contribution < -0.4 is 5.73 Å². The average molecular weight is 207 g/mol. The Morgan fingerprint density at radius 2 is 2.60 bits per heavy atom. The molecule has 0 aliphatic heterocycles. The molecule has 1 amide bonds. The van der Waals surface area contributed by atoms with Crippen LogP contribution >= 0.6 is 0 Å². The first-order chi connectivity index (χ1) is 7.15. The number of terminal acetylenes is 1. The Hall–Kier alpha value is -1.87. The minimum atomic E-state index is -0.650. The summed E-state index contributed by atoms with van der Waals surface area (Å²) in [5.41, 5.74) is 5.58. The monoisotopic (exact) mass is 207 g/mol. The zero-order valence-electron chi connectivity index (χ0n) is 8.47. The maximum atomic E-state index is 11.6. The van der Waals surface area contributed by atoms with Gasteiger partial charge in [0.05, 0.1) is 12.6 Å². The summed E-state index contributed by atoms with van der Waals surface area (Å²) in [7, 11) is 1.64. The molecule has 0 saturated heterocycles. The van der Waals surface area contributed by atoms with Crippen LogP contribution in [0.1, 0.15) is 12.2 Å². The molecule has 0 saturated carbocycles. The van der Waals surface area contributed by atoms with Gasteiger partial charge in [0.1, 0.15) is 12.2 Å². The van der Waals surface area contributed by atoms with E-state index >= 15 is 0 Å². The minimum Gasteiger partial charge on any atom is -0.337 e. The number of nitrogens with one attached hydrogen (secondary N) is 1. The van der Waals surface area contributed by atoms with Crippen LogP contribution in [-0.2, 0) is 11.3 Å². The average Bonchev–Trinajstić information content (AvgIpc) is 2.69. The number of amides is 1. The predicted octanol–water partition coefficient (Wildman–Crippen LogP) is -0.886. The van der Waals surface area contributed by atoms with Crippen molar-refractivity contribution >= 4 is 5.91 Å². The van der Waals surface area contributed by atoms with Crippen molar-refractivity contribution in [2.24, 2.45) is 5.73 Å². The first-order valence-corrected chi connectivity index (χ1v) is 4.43. The highest BCUT2D eigenvalue weighted by molar-refractivity contribution is 5.81. The first-order valence-electron chi connectivity index (χ1n) is 4.43. The van der Waals surface area contributed by atoms with E-state index in [1.165, 1.54) is 11.2 Å². The molecule has 0 aliphatic carbocycles. The molecule has 1 rings (SSSR count). The number of nitrogens with two attached hydrogens (primary N) is 1. The van der Waals surface area contributed by atoms with Gasteiger partial charge in [-0.1, -0.05) is 0 Å². The van der Waals surface area contributed by atoms with Gasteiger partial charge in [-0.15, -0.1) is 12.3 Å². The van der Waals surface area contributed by atoms with E-state index in [4.69, 9.17) is 12.2 Å². The topological polar surface area (TPSA) is 87.9 Å². The molecule has 0 spiro atoms. The standard InChI is InChI=1S/C9H13N5O/c1-3-4-7(10)9(15)14(2)5-8-11-6-12-13-8/h1,6-7H,4-5,10H2,2H3,(H,11,12,13). The van der Waals surface area contributed by atoms with Gasteiger partial charge in [0.25, 0.3) is 0 Å². The second-order valence-electron chi connectivity index (χ2n) is 3.14. The molecule has 1 aromatic heterocycles. The van der Waals surface area contributed by atoms with Crippen LogP contribution in [0, 0.1) is 12.3 Å². The number of likely N-dealkylation sites (N-methyl/N-ethyl adjacent to an activating group) is 1. The normalized spacial score (nSPS) is 11.8. The van der Waals surface area contributed by atoms with Crippen molar-refractivity contribution in [2.45, 2.75) is 19.0 Å². The molecule has 1 heterocycles. The molecule has 6 heteroatoms. The molecule has 0 radical (unpaired) electrons. The number of carbonyl (C=O) groups is 1. The van der Waals surface area contributed by atoms with E-state index in [0.29, 0.717) is 12.4 Å². The Labute approximate surface area is 87.9 Å². The highest BCUT2D eigenvalue weighted by atomic mass is 16.2. The van der Waals surface area contributed by atoms with Crippen molar-refractivity contribution in [2.75, 3.05) is 7.05 Å². The fourth-order valence-electron chi connectivity index (χ4n) is 1.11. The van der Waals surface area contributed by atoms with E-state index in [9.17, 15) is 4.79 Å². The lowest BCUT2D eigenvalue weighted by Crippen LogP contribution is -2.41. The molecule has 0 aliphatic rings. The Bertz CT molecular complexity index is 353. The molecule has 6 nitrogen and oxygen atoms in total. The zero-order chi connectivity index (χ0) is 11.3. The first kappa shape index (κ1) is 11.2. The van der Waals surface area contributed by atoms with Crippen LogP contribution in [0.3, 0.4) is 0 Å². The minimum absolute atomic E-state index is 0.204. The molecule has 0 fully saturated rings. The number of aromatic amines is 1. The molecular weight excluding hydrogens is 194 g/mol. The molecule has 80 valence electrons. The lowest BCUT2D eigenvalue weighted by Gasteiger charge is -2.18. The number of hydrogen-bond acceptors (Lipinski definition) is 4. The van der Waals surface area contributed by atoms with Crippen molar-refractivity contribution < 1.29 is 4.79 Å². The highest BCUT2D eigenvalue weighted by Crippen LogP contribution is 1.98. The quantitative estimate of drug-likeness (QED) is 0.627. The van der Waals surface area contributed by atoms with E-state index in [-0.39, 0.29) is 12.3 Å². The number of hydrogen-bond donors (Lipinski definition) is 2. The summed E-state index contributed by atoms with van der Waals surface area (Å²) in [6.07, 6.45) is 6.69. The number of nitrogens with zero attached hydrogens (tertiary/aromatic N) is 3. The molecule has 0 bridgehead atoms. The van der Waals surface area contributed by atoms with Gasteiger partial charge in [-0.25, -0.2) is 4.98 Å². The predicted molar refractivity (Wildman–Crippen MR) is 54.3 cm³/mol. The van der Waals surface area contributed by atoms with E-state index in [2.05, 4.69) is 21.1 Å². The SMILES string of the molecule is C#CCC(N)C(=O)N(C)Cc1ncn[nH]1. The van der Waals surface area contributed by atoms with E-state index in [1.807, 2.05) is 0 Å². The Morgan fingerprint density at radius 3 is 3.13 bits per heavy atom. The maximum Gasteiger partial charge on any atom is 0.240 e. The van der Waals surface area contributed by atoms with Crippen LogP contribution in [0.25, 0.3) is 0 Å². The third-order valence-electron chi connectivity index (χ3n) is 1.88. The molecule has 0 aromatic carbocycles. The van der Waals surface area contributed by atoms with E-state index in [0.717, 1.165) is 0 Å². The van der Waals surface area contributed by atoms with Gasteiger partial charge in [-0.2, -0.15) is 5.10 Å². The fourth-order valence-corrected chi connectivity index (χ4v) is 1.11. The molecular formula is C9H13N5O. The Kier molecular flexibility index (Phi) is 3.83. The summed E-state index contributed by atoms with van der Waals surface area (Å²) < 4.78 is 0. The lowest BCUT2D eigenvalue weighted by molar-refractivity contribution is -0.131. The number of rotatable bonds is 4. The summed E-state index contributed by atoms with van der Waals surface area (Å²) in [5, 5.41) is 6.34. The highest BCUT2D eigenvalue weighted by Gasteiger charge is 2.17. The summed E-state index contributed by atoms with van der Waals surface area (Å²) >= 11 is 0. The van der Waals surface area contributed by atoms with Crippen LogP contribution in [0.4, 0.5) is 0 Å². The van der Waals surface area contributed by atoms with Crippen LogP contribution in [0.15, 0.2) is 6.33 Å². The molecule has 3 N–H and O–H groups in total. The van der Waals surface area contributed by atoms with Crippen molar-refractivity contribution in [3.8, 4) is 12.3 Å². The van der Waals surface area contributed by atoms with Gasteiger partial charge in [-0.3, -0.25) is 9.89 Å². The van der Waals surface area contributed by atoms with E-state index in [1.54, 1.807) is 7.05 Å².